The summed E-state index contributed by atoms with van der Waals surface area (Å²) in [4.78, 5) is 16.1. The smallest absolute Gasteiger partial charge is 0.279 e. The Balaban J connectivity index is 1.51. The molecule has 4 heteroatoms. The molecule has 23 heavy (non-hydrogen) atoms. The minimum Gasteiger partial charge on any atom is -0.372 e. The second-order valence-corrected chi connectivity index (χ2v) is 7.57. The van der Waals surface area contributed by atoms with Gasteiger partial charge in [0.25, 0.3) is 5.91 Å². The fourth-order valence-electron chi connectivity index (χ4n) is 4.23. The highest BCUT2D eigenvalue weighted by molar-refractivity contribution is 5.91. The molecule has 0 radical (unpaired) electrons. The van der Waals surface area contributed by atoms with Crippen molar-refractivity contribution in [2.75, 3.05) is 42.9 Å². The van der Waals surface area contributed by atoms with Gasteiger partial charge in [0.2, 0.25) is 0 Å². The Bertz CT molecular complexity index is 512. The predicted molar refractivity (Wildman–Crippen MR) is 95.0 cm³/mol. The van der Waals surface area contributed by atoms with Crippen LogP contribution in [0.5, 0.6) is 0 Å². The van der Waals surface area contributed by atoms with Gasteiger partial charge in [-0.25, -0.2) is 0 Å². The van der Waals surface area contributed by atoms with E-state index in [1.54, 1.807) is 0 Å². The number of nitrogens with one attached hydrogen (secondary N) is 2. The van der Waals surface area contributed by atoms with Crippen LogP contribution in [0, 0.1) is 11.8 Å². The normalized spacial score (nSPS) is 27.9. The monoisotopic (exact) mass is 316 g/mol. The van der Waals surface area contributed by atoms with E-state index in [0.29, 0.717) is 6.54 Å². The van der Waals surface area contributed by atoms with E-state index in [2.05, 4.69) is 36.2 Å². The van der Waals surface area contributed by atoms with Gasteiger partial charge in [-0.05, 0) is 43.5 Å². The molecule has 1 unspecified atom stereocenters. The Morgan fingerprint density at radius 3 is 2.35 bits per heavy atom. The zero-order valence-electron chi connectivity index (χ0n) is 14.5. The minimum atomic E-state index is 0.134. The molecule has 0 aliphatic carbocycles. The van der Waals surface area contributed by atoms with Crippen LogP contribution in [0.1, 0.15) is 33.1 Å². The lowest BCUT2D eigenvalue weighted by Crippen LogP contribution is -3.15. The maximum atomic E-state index is 12.3. The van der Waals surface area contributed by atoms with Crippen LogP contribution in [-0.4, -0.2) is 38.6 Å². The maximum Gasteiger partial charge on any atom is 0.279 e. The van der Waals surface area contributed by atoms with Crippen LogP contribution in [0.4, 0.5) is 11.4 Å². The first-order valence-electron chi connectivity index (χ1n) is 9.08. The highest BCUT2D eigenvalue weighted by atomic mass is 16.2. The Morgan fingerprint density at radius 2 is 1.74 bits per heavy atom. The molecule has 1 amide bonds. The second kappa shape index (κ2) is 7.35. The van der Waals surface area contributed by atoms with E-state index in [-0.39, 0.29) is 5.91 Å². The van der Waals surface area contributed by atoms with Crippen LogP contribution in [0.15, 0.2) is 24.3 Å². The quantitative estimate of drug-likeness (QED) is 0.888. The van der Waals surface area contributed by atoms with Gasteiger partial charge in [-0.15, -0.1) is 0 Å². The molecule has 2 N–H and O–H groups in total. The number of anilines is 2. The van der Waals surface area contributed by atoms with Gasteiger partial charge in [0.1, 0.15) is 0 Å². The van der Waals surface area contributed by atoms with Crippen molar-refractivity contribution in [3.8, 4) is 0 Å². The van der Waals surface area contributed by atoms with Gasteiger partial charge in [-0.1, -0.05) is 13.8 Å². The molecule has 0 aromatic heterocycles. The van der Waals surface area contributed by atoms with Crippen molar-refractivity contribution in [2.45, 2.75) is 33.1 Å². The van der Waals surface area contributed by atoms with Gasteiger partial charge >= 0.3 is 0 Å². The van der Waals surface area contributed by atoms with Crippen LogP contribution in [0.2, 0.25) is 0 Å². The molecule has 2 heterocycles. The molecule has 3 atom stereocenters. The van der Waals surface area contributed by atoms with Gasteiger partial charge in [-0.3, -0.25) is 4.79 Å². The van der Waals surface area contributed by atoms with Gasteiger partial charge < -0.3 is 15.1 Å². The minimum absolute atomic E-state index is 0.134. The van der Waals surface area contributed by atoms with Crippen molar-refractivity contribution in [2.24, 2.45) is 11.8 Å². The van der Waals surface area contributed by atoms with E-state index < -0.39 is 0 Å². The second-order valence-electron chi connectivity index (χ2n) is 7.57. The molecule has 2 aliphatic heterocycles. The van der Waals surface area contributed by atoms with Gasteiger partial charge in [-0.2, -0.15) is 0 Å². The number of piperidine rings is 1. The van der Waals surface area contributed by atoms with Crippen LogP contribution in [0.25, 0.3) is 0 Å². The summed E-state index contributed by atoms with van der Waals surface area (Å²) >= 11 is 0. The van der Waals surface area contributed by atoms with Crippen LogP contribution >= 0.6 is 0 Å². The van der Waals surface area contributed by atoms with E-state index in [4.69, 9.17) is 0 Å². The number of carbonyl (C=O) groups is 1. The molecule has 2 aliphatic rings. The van der Waals surface area contributed by atoms with Crippen molar-refractivity contribution in [3.05, 3.63) is 24.3 Å². The first-order valence-corrected chi connectivity index (χ1v) is 9.08. The van der Waals surface area contributed by atoms with E-state index >= 15 is 0 Å². The third kappa shape index (κ3) is 4.47. The number of hydrogen-bond acceptors (Lipinski definition) is 2. The lowest BCUT2D eigenvalue weighted by atomic mass is 9.92. The average molecular weight is 316 g/mol. The molecule has 126 valence electrons. The molecule has 1 aromatic rings. The van der Waals surface area contributed by atoms with Crippen LogP contribution in [-0.2, 0) is 4.79 Å². The summed E-state index contributed by atoms with van der Waals surface area (Å²) in [6.45, 7) is 9.72. The third-order valence-corrected chi connectivity index (χ3v) is 5.11. The molecule has 0 bridgehead atoms. The number of benzene rings is 1. The molecule has 2 saturated heterocycles. The summed E-state index contributed by atoms with van der Waals surface area (Å²) in [5.74, 6) is 1.58. The Labute approximate surface area is 139 Å². The first kappa shape index (κ1) is 16.3. The van der Waals surface area contributed by atoms with Gasteiger partial charge in [0.15, 0.2) is 6.54 Å². The van der Waals surface area contributed by atoms with Crippen molar-refractivity contribution in [3.63, 3.8) is 0 Å². The van der Waals surface area contributed by atoms with Crippen molar-refractivity contribution in [1.29, 1.82) is 0 Å². The highest BCUT2D eigenvalue weighted by Crippen LogP contribution is 2.21. The molecule has 0 saturated carbocycles. The van der Waals surface area contributed by atoms with Crippen LogP contribution < -0.4 is 15.1 Å². The number of quaternary nitrogens is 1. The summed E-state index contributed by atoms with van der Waals surface area (Å²) in [5.41, 5.74) is 2.18. The average Bonchev–Trinajstić information content (AvgIpc) is 3.01. The van der Waals surface area contributed by atoms with Crippen molar-refractivity contribution >= 4 is 17.3 Å². The van der Waals surface area contributed by atoms with Gasteiger partial charge in [0.05, 0.1) is 13.1 Å². The van der Waals surface area contributed by atoms with E-state index in [0.717, 1.165) is 43.7 Å². The summed E-state index contributed by atoms with van der Waals surface area (Å²) in [5, 5.41) is 3.06. The lowest BCUT2D eigenvalue weighted by molar-refractivity contribution is -0.904. The standard InChI is InChI=1S/C19H29N3O/c1-15-11-16(2)13-21(12-15)14-19(23)20-17-5-7-18(8-6-17)22-9-3-4-10-22/h5-8,15-16H,3-4,9-14H2,1-2H3,(H,20,23)/p+1/t15-,16+. The summed E-state index contributed by atoms with van der Waals surface area (Å²) in [6.07, 6.45) is 3.87. The molecule has 3 rings (SSSR count). The molecule has 1 aromatic carbocycles. The van der Waals surface area contributed by atoms with Crippen LogP contribution in [0.3, 0.4) is 0 Å². The molecular weight excluding hydrogens is 286 g/mol. The van der Waals surface area contributed by atoms with Crippen molar-refractivity contribution < 1.29 is 9.69 Å². The Kier molecular flexibility index (Phi) is 5.21. The fourth-order valence-corrected chi connectivity index (χ4v) is 4.23. The Hall–Kier alpha value is -1.55. The topological polar surface area (TPSA) is 36.8 Å². The SMILES string of the molecule is C[C@@H]1C[C@H](C)C[NH+](CC(=O)Nc2ccc(N3CCCC3)cc2)C1. The van der Waals surface area contributed by atoms with E-state index in [1.165, 1.54) is 29.8 Å². The molecule has 2 fully saturated rings. The van der Waals surface area contributed by atoms with Gasteiger partial charge in [0, 0.05) is 36.3 Å². The zero-order valence-corrected chi connectivity index (χ0v) is 14.5. The molecule has 4 nitrogen and oxygen atoms in total. The van der Waals surface area contributed by atoms with E-state index in [1.807, 2.05) is 12.1 Å². The lowest BCUT2D eigenvalue weighted by Gasteiger charge is -2.31. The first-order chi connectivity index (χ1) is 11.1. The summed E-state index contributed by atoms with van der Waals surface area (Å²) in [6, 6.07) is 8.31. The third-order valence-electron chi connectivity index (χ3n) is 5.11. The zero-order chi connectivity index (χ0) is 16.2. The number of rotatable bonds is 4. The van der Waals surface area contributed by atoms with Crippen molar-refractivity contribution in [1.82, 2.24) is 0 Å². The number of amides is 1. The number of likely N-dealkylation sites (tertiary alicyclic amines) is 1. The molecular formula is C19H30N3O+. The number of hydrogen-bond donors (Lipinski definition) is 2. The Morgan fingerprint density at radius 1 is 1.13 bits per heavy atom. The maximum absolute atomic E-state index is 12.3. The number of carbonyl (C=O) groups excluding carboxylic acids is 1. The fraction of sp³-hybridized carbons (Fsp3) is 0.632. The molecule has 0 spiro atoms. The van der Waals surface area contributed by atoms with E-state index in [9.17, 15) is 4.79 Å². The summed E-state index contributed by atoms with van der Waals surface area (Å²) < 4.78 is 0. The summed E-state index contributed by atoms with van der Waals surface area (Å²) in [7, 11) is 0. The highest BCUT2D eigenvalue weighted by Gasteiger charge is 2.26. The largest absolute Gasteiger partial charge is 0.372 e. The predicted octanol–water partition coefficient (Wildman–Crippen LogP) is 1.79. The number of nitrogens with zero attached hydrogens (tertiary/aromatic N) is 1.